The first-order valence-corrected chi connectivity index (χ1v) is 6.25. The van der Waals surface area contributed by atoms with Gasteiger partial charge >= 0.3 is 0 Å². The highest BCUT2D eigenvalue weighted by atomic mass is 35.5. The Morgan fingerprint density at radius 3 is 2.06 bits per heavy atom. The van der Waals surface area contributed by atoms with Crippen molar-refractivity contribution in [1.29, 1.82) is 0 Å². The smallest absolute Gasteiger partial charge is 0.240 e. The first-order valence-electron chi connectivity index (χ1n) is 5.81. The Morgan fingerprint density at radius 1 is 1.12 bits per heavy atom. The van der Waals surface area contributed by atoms with Crippen LogP contribution in [0, 0.1) is 5.92 Å². The summed E-state index contributed by atoms with van der Waals surface area (Å²) in [5, 5.41) is -0.467. The molecule has 1 aliphatic heterocycles. The second-order valence-electron chi connectivity index (χ2n) is 4.54. The molecule has 16 heavy (non-hydrogen) atoms. The van der Waals surface area contributed by atoms with Gasteiger partial charge in [-0.1, -0.05) is 0 Å². The zero-order valence-corrected chi connectivity index (χ0v) is 10.2. The third-order valence-electron chi connectivity index (χ3n) is 3.17. The lowest BCUT2D eigenvalue weighted by molar-refractivity contribution is -0.139. The molecular weight excluding hydrogens is 228 g/mol. The number of rotatable bonds is 2. The number of carbonyl (C=O) groups is 2. The minimum absolute atomic E-state index is 0.0276. The molecule has 5 heteroatoms. The number of hydrogen-bond donors (Lipinski definition) is 0. The number of piperazine rings is 1. The van der Waals surface area contributed by atoms with Crippen LogP contribution in [0.4, 0.5) is 0 Å². The molecule has 0 aromatic heterocycles. The zero-order chi connectivity index (χ0) is 11.7. The van der Waals surface area contributed by atoms with Crippen LogP contribution in [0.5, 0.6) is 0 Å². The van der Waals surface area contributed by atoms with Gasteiger partial charge in [0, 0.05) is 32.1 Å². The Hall–Kier alpha value is -0.770. The van der Waals surface area contributed by atoms with E-state index in [0.29, 0.717) is 26.2 Å². The molecule has 1 aliphatic carbocycles. The molecule has 1 saturated carbocycles. The Morgan fingerprint density at radius 2 is 1.62 bits per heavy atom. The van der Waals surface area contributed by atoms with Crippen LogP contribution >= 0.6 is 11.6 Å². The molecule has 2 fully saturated rings. The second kappa shape index (κ2) is 4.62. The Bertz CT molecular complexity index is 272. The van der Waals surface area contributed by atoms with Crippen LogP contribution in [-0.2, 0) is 9.59 Å². The van der Waals surface area contributed by atoms with Gasteiger partial charge in [0.25, 0.3) is 0 Å². The summed E-state index contributed by atoms with van der Waals surface area (Å²) < 4.78 is 0. The lowest BCUT2D eigenvalue weighted by Gasteiger charge is -2.35. The molecule has 1 saturated heterocycles. The Balaban J connectivity index is 1.82. The fourth-order valence-corrected chi connectivity index (χ4v) is 2.13. The van der Waals surface area contributed by atoms with Crippen LogP contribution in [0.2, 0.25) is 0 Å². The molecule has 4 nitrogen and oxygen atoms in total. The fraction of sp³-hybridized carbons (Fsp3) is 0.818. The molecule has 0 spiro atoms. The Kier molecular flexibility index (Phi) is 3.38. The molecule has 0 aromatic rings. The van der Waals surface area contributed by atoms with E-state index in [0.717, 1.165) is 12.8 Å². The van der Waals surface area contributed by atoms with E-state index in [4.69, 9.17) is 11.6 Å². The predicted octanol–water partition coefficient (Wildman–Crippen LogP) is 0.695. The normalized spacial score (nSPS) is 23.1. The fourth-order valence-electron chi connectivity index (χ4n) is 1.99. The topological polar surface area (TPSA) is 40.6 Å². The van der Waals surface area contributed by atoms with Crippen molar-refractivity contribution in [3.8, 4) is 0 Å². The van der Waals surface area contributed by atoms with Crippen LogP contribution in [0.1, 0.15) is 19.8 Å². The molecule has 0 radical (unpaired) electrons. The van der Waals surface area contributed by atoms with Gasteiger partial charge in [0.1, 0.15) is 5.38 Å². The molecule has 1 unspecified atom stereocenters. The van der Waals surface area contributed by atoms with E-state index in [1.807, 2.05) is 4.90 Å². The van der Waals surface area contributed by atoms with Crippen molar-refractivity contribution in [2.75, 3.05) is 26.2 Å². The molecule has 0 N–H and O–H groups in total. The number of nitrogens with zero attached hydrogens (tertiary/aromatic N) is 2. The van der Waals surface area contributed by atoms with Crippen molar-refractivity contribution in [2.24, 2.45) is 5.92 Å². The average molecular weight is 245 g/mol. The summed E-state index contributed by atoms with van der Waals surface area (Å²) in [6.45, 7) is 4.24. The van der Waals surface area contributed by atoms with E-state index in [9.17, 15) is 9.59 Å². The van der Waals surface area contributed by atoms with Gasteiger partial charge in [0.05, 0.1) is 0 Å². The van der Waals surface area contributed by atoms with Gasteiger partial charge < -0.3 is 9.80 Å². The number of amides is 2. The maximum absolute atomic E-state index is 11.8. The molecular formula is C11H17ClN2O2. The number of hydrogen-bond acceptors (Lipinski definition) is 2. The minimum Gasteiger partial charge on any atom is -0.339 e. The van der Waals surface area contributed by atoms with Crippen LogP contribution in [0.15, 0.2) is 0 Å². The third-order valence-corrected chi connectivity index (χ3v) is 3.36. The van der Waals surface area contributed by atoms with Crippen LogP contribution in [0.3, 0.4) is 0 Å². The van der Waals surface area contributed by atoms with E-state index in [1.54, 1.807) is 11.8 Å². The van der Waals surface area contributed by atoms with Crippen molar-refractivity contribution in [2.45, 2.75) is 25.1 Å². The zero-order valence-electron chi connectivity index (χ0n) is 9.49. The SMILES string of the molecule is CC(Cl)C(=O)N1CCN(C(=O)C2CC2)CC1. The largest absolute Gasteiger partial charge is 0.339 e. The highest BCUT2D eigenvalue weighted by molar-refractivity contribution is 6.30. The first kappa shape index (κ1) is 11.7. The maximum Gasteiger partial charge on any atom is 0.240 e. The van der Waals surface area contributed by atoms with Crippen molar-refractivity contribution in [1.82, 2.24) is 9.80 Å². The summed E-state index contributed by atoms with van der Waals surface area (Å²) in [5.41, 5.74) is 0. The van der Waals surface area contributed by atoms with Crippen molar-refractivity contribution >= 4 is 23.4 Å². The Labute approximate surface area is 101 Å². The highest BCUT2D eigenvalue weighted by Crippen LogP contribution is 2.31. The van der Waals surface area contributed by atoms with E-state index in [2.05, 4.69) is 0 Å². The van der Waals surface area contributed by atoms with Crippen LogP contribution in [-0.4, -0.2) is 53.2 Å². The molecule has 2 rings (SSSR count). The molecule has 2 amide bonds. The number of alkyl halides is 1. The molecule has 2 aliphatic rings. The molecule has 0 bridgehead atoms. The highest BCUT2D eigenvalue weighted by Gasteiger charge is 2.35. The summed E-state index contributed by atoms with van der Waals surface area (Å²) in [6, 6.07) is 0. The third kappa shape index (κ3) is 2.48. The lowest BCUT2D eigenvalue weighted by atomic mass is 10.2. The summed E-state index contributed by atoms with van der Waals surface area (Å²) in [5.74, 6) is 0.514. The van der Waals surface area contributed by atoms with Gasteiger partial charge in [-0.2, -0.15) is 0 Å². The standard InChI is InChI=1S/C11H17ClN2O2/c1-8(12)10(15)13-4-6-14(7-5-13)11(16)9-2-3-9/h8-9H,2-7H2,1H3. The predicted molar refractivity (Wildman–Crippen MR) is 61.2 cm³/mol. The van der Waals surface area contributed by atoms with Crippen molar-refractivity contribution in [3.05, 3.63) is 0 Å². The van der Waals surface area contributed by atoms with Gasteiger partial charge in [-0.25, -0.2) is 0 Å². The van der Waals surface area contributed by atoms with E-state index >= 15 is 0 Å². The van der Waals surface area contributed by atoms with Crippen LogP contribution < -0.4 is 0 Å². The summed E-state index contributed by atoms with van der Waals surface area (Å²) in [6.07, 6.45) is 2.08. The van der Waals surface area contributed by atoms with Crippen molar-refractivity contribution in [3.63, 3.8) is 0 Å². The summed E-state index contributed by atoms with van der Waals surface area (Å²) in [7, 11) is 0. The average Bonchev–Trinajstić information content (AvgIpc) is 3.11. The first-order chi connectivity index (χ1) is 7.59. The second-order valence-corrected chi connectivity index (χ2v) is 5.20. The number of carbonyl (C=O) groups excluding carboxylic acids is 2. The van der Waals surface area contributed by atoms with E-state index in [1.165, 1.54) is 0 Å². The summed E-state index contributed by atoms with van der Waals surface area (Å²) >= 11 is 5.75. The van der Waals surface area contributed by atoms with E-state index < -0.39 is 5.38 Å². The maximum atomic E-state index is 11.8. The quantitative estimate of drug-likeness (QED) is 0.671. The number of halogens is 1. The monoisotopic (exact) mass is 244 g/mol. The lowest BCUT2D eigenvalue weighted by Crippen LogP contribution is -2.52. The molecule has 1 heterocycles. The summed E-state index contributed by atoms with van der Waals surface area (Å²) in [4.78, 5) is 27.0. The van der Waals surface area contributed by atoms with Gasteiger partial charge in [0.15, 0.2) is 0 Å². The molecule has 90 valence electrons. The van der Waals surface area contributed by atoms with Crippen molar-refractivity contribution < 1.29 is 9.59 Å². The molecule has 1 atom stereocenters. The van der Waals surface area contributed by atoms with Gasteiger partial charge in [0.2, 0.25) is 11.8 Å². The molecule has 0 aromatic carbocycles. The van der Waals surface area contributed by atoms with E-state index in [-0.39, 0.29) is 17.7 Å². The van der Waals surface area contributed by atoms with Gasteiger partial charge in [-0.3, -0.25) is 9.59 Å². The van der Waals surface area contributed by atoms with Gasteiger partial charge in [-0.15, -0.1) is 11.6 Å². The minimum atomic E-state index is -0.467. The van der Waals surface area contributed by atoms with Crippen LogP contribution in [0.25, 0.3) is 0 Å². The van der Waals surface area contributed by atoms with Gasteiger partial charge in [-0.05, 0) is 19.8 Å².